The third-order valence-corrected chi connectivity index (χ3v) is 7.61. The second kappa shape index (κ2) is 7.83. The summed E-state index contributed by atoms with van der Waals surface area (Å²) >= 11 is 3.30. The van der Waals surface area contributed by atoms with Gasteiger partial charge in [0.05, 0.1) is 12.0 Å². The maximum absolute atomic E-state index is 13.1. The Morgan fingerprint density at radius 1 is 1.25 bits per heavy atom. The predicted octanol–water partition coefficient (Wildman–Crippen LogP) is 3.91. The number of benzene rings is 1. The van der Waals surface area contributed by atoms with Crippen molar-refractivity contribution in [2.24, 2.45) is 0 Å². The van der Waals surface area contributed by atoms with Gasteiger partial charge in [-0.15, -0.1) is 10.2 Å². The number of carbonyl (C=O) groups is 2. The fraction of sp³-hybridized carbons (Fsp3) is 0.500. The van der Waals surface area contributed by atoms with Gasteiger partial charge in [-0.05, 0) is 36.0 Å². The summed E-state index contributed by atoms with van der Waals surface area (Å²) in [5.41, 5.74) is 1.39. The minimum Gasteiger partial charge on any atom is -0.328 e. The van der Waals surface area contributed by atoms with Crippen LogP contribution in [0, 0.1) is 0 Å². The van der Waals surface area contributed by atoms with Gasteiger partial charge in [0.25, 0.3) is 5.91 Å². The van der Waals surface area contributed by atoms with Crippen LogP contribution in [0.4, 0.5) is 5.13 Å². The molecule has 1 aromatic heterocycles. The Morgan fingerprint density at radius 3 is 2.68 bits per heavy atom. The molecule has 1 N–H and O–H groups in total. The van der Waals surface area contributed by atoms with E-state index >= 15 is 0 Å². The van der Waals surface area contributed by atoms with Crippen molar-refractivity contribution in [1.29, 1.82) is 0 Å². The van der Waals surface area contributed by atoms with Crippen molar-refractivity contribution in [3.05, 3.63) is 40.4 Å². The molecule has 0 bridgehead atoms. The van der Waals surface area contributed by atoms with Crippen LogP contribution < -0.4 is 5.32 Å². The Kier molecular flexibility index (Phi) is 5.42. The molecule has 0 spiro atoms. The zero-order valence-corrected chi connectivity index (χ0v) is 17.7. The first-order valence-electron chi connectivity index (χ1n) is 9.59. The Bertz CT molecular complexity index is 890. The molecule has 1 fully saturated rings. The number of aromatic nitrogens is 2. The number of nitrogens with one attached hydrogen (secondary N) is 1. The molecule has 2 aromatic rings. The van der Waals surface area contributed by atoms with Gasteiger partial charge in [-0.3, -0.25) is 9.59 Å². The van der Waals surface area contributed by atoms with E-state index in [1.54, 1.807) is 0 Å². The average Bonchev–Trinajstić information content (AvgIpc) is 3.28. The van der Waals surface area contributed by atoms with Crippen LogP contribution in [0.2, 0.25) is 0 Å². The second-order valence-corrected chi connectivity index (χ2v) is 9.94. The van der Waals surface area contributed by atoms with Gasteiger partial charge in [0.2, 0.25) is 11.0 Å². The van der Waals surface area contributed by atoms with Gasteiger partial charge in [-0.2, -0.15) is 11.8 Å². The Hall–Kier alpha value is -1.93. The summed E-state index contributed by atoms with van der Waals surface area (Å²) in [7, 11) is 0. The fourth-order valence-electron chi connectivity index (χ4n) is 3.91. The zero-order chi connectivity index (χ0) is 19.7. The highest BCUT2D eigenvalue weighted by atomic mass is 32.2. The molecular weight excluding hydrogens is 392 g/mol. The number of nitrogens with zero attached hydrogens (tertiary/aromatic N) is 3. The van der Waals surface area contributed by atoms with Gasteiger partial charge in [0, 0.05) is 18.0 Å². The lowest BCUT2D eigenvalue weighted by molar-refractivity contribution is -0.119. The summed E-state index contributed by atoms with van der Waals surface area (Å²) in [5, 5.41) is 12.6. The molecule has 6 nitrogen and oxygen atoms in total. The number of carbonyl (C=O) groups excluding carboxylic acids is 2. The first-order valence-corrected chi connectivity index (χ1v) is 11.6. The van der Waals surface area contributed by atoms with Crippen LogP contribution in [0.3, 0.4) is 0 Å². The molecule has 8 heteroatoms. The van der Waals surface area contributed by atoms with Crippen molar-refractivity contribution in [2.75, 3.05) is 16.8 Å². The smallest absolute Gasteiger partial charge is 0.254 e. The molecule has 4 rings (SSSR count). The zero-order valence-electron chi connectivity index (χ0n) is 16.1. The van der Waals surface area contributed by atoms with Crippen molar-refractivity contribution < 1.29 is 9.59 Å². The quantitative estimate of drug-likeness (QED) is 0.800. The number of fused-ring (bicyclic) bond motifs is 1. The molecule has 148 valence electrons. The lowest BCUT2D eigenvalue weighted by Crippen LogP contribution is -2.53. The van der Waals surface area contributed by atoms with Crippen molar-refractivity contribution >= 4 is 40.0 Å². The number of thioether (sulfide) groups is 1. The topological polar surface area (TPSA) is 75.2 Å². The Balaban J connectivity index is 1.53. The Morgan fingerprint density at radius 2 is 2.00 bits per heavy atom. The van der Waals surface area contributed by atoms with Crippen LogP contribution in [0.25, 0.3) is 0 Å². The molecule has 3 heterocycles. The van der Waals surface area contributed by atoms with E-state index in [1.165, 1.54) is 11.3 Å². The minimum absolute atomic E-state index is 0.0494. The van der Waals surface area contributed by atoms with E-state index in [9.17, 15) is 9.59 Å². The van der Waals surface area contributed by atoms with Crippen LogP contribution in [0.1, 0.15) is 60.0 Å². The van der Waals surface area contributed by atoms with Crippen LogP contribution in [0.5, 0.6) is 0 Å². The molecule has 0 unspecified atom stereocenters. The largest absolute Gasteiger partial charge is 0.328 e. The van der Waals surface area contributed by atoms with E-state index < -0.39 is 5.54 Å². The standard InChI is InChI=1S/C20H24N4O2S2/c1-13(2)17-22-23-19(28-17)21-16(25)11-20(7-9-27-10-8-20)24-12-14-5-3-4-6-15(14)18(24)26/h3-6,13H,7-12H2,1-2H3,(H,21,23,25). The molecule has 0 atom stereocenters. The van der Waals surface area contributed by atoms with Crippen LogP contribution in [-0.2, 0) is 11.3 Å². The summed E-state index contributed by atoms with van der Waals surface area (Å²) in [5.74, 6) is 2.16. The maximum atomic E-state index is 13.1. The molecule has 1 aromatic carbocycles. The molecule has 28 heavy (non-hydrogen) atoms. The monoisotopic (exact) mass is 416 g/mol. The number of anilines is 1. The summed E-state index contributed by atoms with van der Waals surface area (Å²) in [4.78, 5) is 27.9. The lowest BCUT2D eigenvalue weighted by Gasteiger charge is -2.44. The van der Waals surface area contributed by atoms with Gasteiger partial charge in [0.15, 0.2) is 0 Å². The van der Waals surface area contributed by atoms with Gasteiger partial charge >= 0.3 is 0 Å². The summed E-state index contributed by atoms with van der Waals surface area (Å²) in [6.07, 6.45) is 1.96. The molecule has 0 radical (unpaired) electrons. The number of hydrogen-bond acceptors (Lipinski definition) is 6. The number of rotatable bonds is 5. The van der Waals surface area contributed by atoms with E-state index in [4.69, 9.17) is 0 Å². The first kappa shape index (κ1) is 19.4. The molecule has 2 aliphatic rings. The highest BCUT2D eigenvalue weighted by Gasteiger charge is 2.45. The van der Waals surface area contributed by atoms with Crippen molar-refractivity contribution in [1.82, 2.24) is 15.1 Å². The highest BCUT2D eigenvalue weighted by molar-refractivity contribution is 7.99. The van der Waals surface area contributed by atoms with Gasteiger partial charge < -0.3 is 10.2 Å². The maximum Gasteiger partial charge on any atom is 0.254 e. The third-order valence-electron chi connectivity index (χ3n) is 5.49. The lowest BCUT2D eigenvalue weighted by atomic mass is 9.86. The van der Waals surface area contributed by atoms with Crippen molar-refractivity contribution in [3.8, 4) is 0 Å². The first-order chi connectivity index (χ1) is 13.5. The summed E-state index contributed by atoms with van der Waals surface area (Å²) in [6.45, 7) is 4.69. The van der Waals surface area contributed by atoms with E-state index in [-0.39, 0.29) is 17.7 Å². The third kappa shape index (κ3) is 3.67. The SMILES string of the molecule is CC(C)c1nnc(NC(=O)CC2(N3Cc4ccccc4C3=O)CCSCC2)s1. The fourth-order valence-corrected chi connectivity index (χ4v) is 5.93. The molecule has 2 amide bonds. The van der Waals surface area contributed by atoms with Gasteiger partial charge in [0.1, 0.15) is 5.01 Å². The van der Waals surface area contributed by atoms with Crippen LogP contribution in [-0.4, -0.2) is 44.0 Å². The van der Waals surface area contributed by atoms with E-state index in [0.29, 0.717) is 18.1 Å². The van der Waals surface area contributed by atoms with E-state index in [0.717, 1.165) is 40.5 Å². The van der Waals surface area contributed by atoms with Crippen molar-refractivity contribution in [2.45, 2.75) is 51.1 Å². The van der Waals surface area contributed by atoms with Gasteiger partial charge in [-0.25, -0.2) is 0 Å². The normalized spacial score (nSPS) is 18.4. The van der Waals surface area contributed by atoms with Crippen LogP contribution >= 0.6 is 23.1 Å². The van der Waals surface area contributed by atoms with Crippen LogP contribution in [0.15, 0.2) is 24.3 Å². The second-order valence-electron chi connectivity index (χ2n) is 7.71. The summed E-state index contributed by atoms with van der Waals surface area (Å²) in [6, 6.07) is 7.76. The van der Waals surface area contributed by atoms with E-state index in [2.05, 4.69) is 29.4 Å². The van der Waals surface area contributed by atoms with Crippen molar-refractivity contribution in [3.63, 3.8) is 0 Å². The molecule has 2 aliphatic heterocycles. The van der Waals surface area contributed by atoms with E-state index in [1.807, 2.05) is 40.9 Å². The predicted molar refractivity (Wildman–Crippen MR) is 113 cm³/mol. The summed E-state index contributed by atoms with van der Waals surface area (Å²) < 4.78 is 0. The minimum atomic E-state index is -0.434. The number of hydrogen-bond donors (Lipinski definition) is 1. The highest BCUT2D eigenvalue weighted by Crippen LogP contribution is 2.40. The van der Waals surface area contributed by atoms with Gasteiger partial charge in [-0.1, -0.05) is 43.4 Å². The molecule has 0 saturated carbocycles. The molecule has 1 saturated heterocycles. The Labute approximate surface area is 173 Å². The molecular formula is C20H24N4O2S2. The molecule has 0 aliphatic carbocycles. The average molecular weight is 417 g/mol. The number of amides is 2.